The lowest BCUT2D eigenvalue weighted by Gasteiger charge is -2.06. The molecule has 0 aliphatic heterocycles. The smallest absolute Gasteiger partial charge is 0.275 e. The van der Waals surface area contributed by atoms with Gasteiger partial charge in [-0.05, 0) is 19.1 Å². The summed E-state index contributed by atoms with van der Waals surface area (Å²) in [5.41, 5.74) is 5.20. The maximum Gasteiger partial charge on any atom is 0.275 e. The van der Waals surface area contributed by atoms with E-state index in [0.717, 1.165) is 12.1 Å². The van der Waals surface area contributed by atoms with Crippen molar-refractivity contribution < 1.29 is 13.6 Å². The minimum absolute atomic E-state index is 0.0732. The minimum Gasteiger partial charge on any atom is -0.322 e. The summed E-state index contributed by atoms with van der Waals surface area (Å²) < 4.78 is 27.4. The Morgan fingerprint density at radius 2 is 2.05 bits per heavy atom. The summed E-state index contributed by atoms with van der Waals surface area (Å²) in [6, 6.07) is 1.82. The zero-order chi connectivity index (χ0) is 14.9. The van der Waals surface area contributed by atoms with Crippen LogP contribution in [0.3, 0.4) is 0 Å². The third kappa shape index (κ3) is 3.20. The highest BCUT2D eigenvalue weighted by molar-refractivity contribution is 9.10. The van der Waals surface area contributed by atoms with Gasteiger partial charge in [0.1, 0.15) is 16.4 Å². The topological polar surface area (TPSA) is 68.0 Å². The van der Waals surface area contributed by atoms with Crippen molar-refractivity contribution in [2.75, 3.05) is 5.32 Å². The first-order chi connectivity index (χ1) is 9.38. The van der Waals surface area contributed by atoms with E-state index in [9.17, 15) is 13.6 Å². The maximum atomic E-state index is 13.6. The van der Waals surface area contributed by atoms with Gasteiger partial charge >= 0.3 is 0 Å². The number of aromatic nitrogens is 1. The summed E-state index contributed by atoms with van der Waals surface area (Å²) in [7, 11) is 0. The van der Waals surface area contributed by atoms with Gasteiger partial charge in [-0.25, -0.2) is 13.8 Å². The van der Waals surface area contributed by atoms with Gasteiger partial charge in [-0.1, -0.05) is 15.9 Å². The van der Waals surface area contributed by atoms with Crippen molar-refractivity contribution in [3.63, 3.8) is 0 Å². The van der Waals surface area contributed by atoms with Gasteiger partial charge in [-0.2, -0.15) is 0 Å². The highest BCUT2D eigenvalue weighted by Crippen LogP contribution is 2.24. The molecule has 0 bridgehead atoms. The van der Waals surface area contributed by atoms with Crippen LogP contribution in [0.2, 0.25) is 0 Å². The third-order valence-corrected chi connectivity index (χ3v) is 3.89. The fraction of sp³-hybridized carbons (Fsp3) is 0.167. The monoisotopic (exact) mass is 361 g/mol. The average molecular weight is 362 g/mol. The van der Waals surface area contributed by atoms with Crippen molar-refractivity contribution in [1.29, 1.82) is 0 Å². The minimum atomic E-state index is -0.868. The highest BCUT2D eigenvalue weighted by Gasteiger charge is 2.17. The normalized spacial score (nSPS) is 12.2. The Hall–Kier alpha value is -1.38. The van der Waals surface area contributed by atoms with Gasteiger partial charge in [0.05, 0.1) is 6.04 Å². The fourth-order valence-corrected chi connectivity index (χ4v) is 2.60. The molecule has 3 N–H and O–H groups in total. The Balaban J connectivity index is 2.23. The lowest BCUT2D eigenvalue weighted by Crippen LogP contribution is -2.15. The summed E-state index contributed by atoms with van der Waals surface area (Å²) in [6.07, 6.45) is 0. The largest absolute Gasteiger partial charge is 0.322 e. The van der Waals surface area contributed by atoms with Crippen molar-refractivity contribution >= 4 is 38.9 Å². The lowest BCUT2D eigenvalue weighted by atomic mass is 10.3. The Bertz CT molecular complexity index is 637. The van der Waals surface area contributed by atoms with Gasteiger partial charge in [0.25, 0.3) is 5.91 Å². The van der Waals surface area contributed by atoms with Crippen LogP contribution in [-0.2, 0) is 0 Å². The Morgan fingerprint density at radius 1 is 1.45 bits per heavy atom. The number of carbonyl (C=O) groups is 1. The molecule has 0 saturated heterocycles. The van der Waals surface area contributed by atoms with E-state index in [2.05, 4.69) is 26.2 Å². The molecule has 0 radical (unpaired) electrons. The zero-order valence-electron chi connectivity index (χ0n) is 10.3. The Kier molecular flexibility index (Phi) is 4.46. The van der Waals surface area contributed by atoms with Crippen molar-refractivity contribution in [3.8, 4) is 0 Å². The molecule has 0 aliphatic carbocycles. The van der Waals surface area contributed by atoms with Crippen LogP contribution in [0.15, 0.2) is 22.0 Å². The van der Waals surface area contributed by atoms with Gasteiger partial charge in [-0.15, -0.1) is 11.3 Å². The first kappa shape index (κ1) is 15.0. The number of nitrogens with one attached hydrogen (secondary N) is 1. The molecule has 20 heavy (non-hydrogen) atoms. The number of rotatable bonds is 3. The molecular formula is C12H10BrF2N3OS. The summed E-state index contributed by atoms with van der Waals surface area (Å²) >= 11 is 4.18. The molecule has 106 valence electrons. The number of amides is 1. The van der Waals surface area contributed by atoms with E-state index in [1.54, 1.807) is 6.92 Å². The first-order valence-electron chi connectivity index (χ1n) is 5.55. The SMILES string of the molecule is CC(N)c1nc(C(=O)Nc2c(F)cc(Br)cc2F)cs1. The first-order valence-corrected chi connectivity index (χ1v) is 7.22. The molecule has 8 heteroatoms. The standard InChI is InChI=1S/C12H10BrF2N3OS/c1-5(16)12-17-9(4-20-12)11(19)18-10-7(14)2-6(13)3-8(10)15/h2-5H,16H2,1H3,(H,18,19). The van der Waals surface area contributed by atoms with Gasteiger partial charge in [0.15, 0.2) is 11.6 Å². The molecule has 0 saturated carbocycles. The molecule has 2 aromatic rings. The van der Waals surface area contributed by atoms with Crippen molar-refractivity contribution in [3.05, 3.63) is 44.3 Å². The number of thiazole rings is 1. The van der Waals surface area contributed by atoms with E-state index in [4.69, 9.17) is 5.73 Å². The number of hydrogen-bond donors (Lipinski definition) is 2. The maximum absolute atomic E-state index is 13.6. The molecule has 1 atom stereocenters. The van der Waals surface area contributed by atoms with Crippen molar-refractivity contribution in [2.24, 2.45) is 5.73 Å². The van der Waals surface area contributed by atoms with Crippen LogP contribution in [0, 0.1) is 11.6 Å². The second kappa shape index (κ2) is 5.94. The van der Waals surface area contributed by atoms with Crippen molar-refractivity contribution in [2.45, 2.75) is 13.0 Å². The second-order valence-corrected chi connectivity index (χ2v) is 5.86. The number of carbonyl (C=O) groups excluding carboxylic acids is 1. The van der Waals surface area contributed by atoms with Gasteiger partial charge < -0.3 is 11.1 Å². The lowest BCUT2D eigenvalue weighted by molar-refractivity contribution is 0.102. The van der Waals surface area contributed by atoms with E-state index in [0.29, 0.717) is 5.01 Å². The van der Waals surface area contributed by atoms with Crippen LogP contribution in [-0.4, -0.2) is 10.9 Å². The summed E-state index contributed by atoms with van der Waals surface area (Å²) in [5, 5.41) is 4.23. The van der Waals surface area contributed by atoms with Crippen molar-refractivity contribution in [1.82, 2.24) is 4.98 Å². The van der Waals surface area contributed by atoms with Crippen LogP contribution in [0.25, 0.3) is 0 Å². The predicted octanol–water partition coefficient (Wildman–Crippen LogP) is 3.46. The second-order valence-electron chi connectivity index (χ2n) is 4.06. The van der Waals surface area contributed by atoms with E-state index in [1.165, 1.54) is 16.7 Å². The number of halogens is 3. The summed E-state index contributed by atoms with van der Waals surface area (Å²) in [6.45, 7) is 1.73. The molecule has 0 aliphatic rings. The fourth-order valence-electron chi connectivity index (χ4n) is 1.44. The van der Waals surface area contributed by atoms with E-state index >= 15 is 0 Å². The highest BCUT2D eigenvalue weighted by atomic mass is 79.9. The van der Waals surface area contributed by atoms with Crippen LogP contribution in [0.5, 0.6) is 0 Å². The van der Waals surface area contributed by atoms with Crippen LogP contribution >= 0.6 is 27.3 Å². The van der Waals surface area contributed by atoms with Gasteiger partial charge in [0.2, 0.25) is 0 Å². The Labute approximate surface area is 126 Å². The molecule has 1 heterocycles. The number of anilines is 1. The van der Waals surface area contributed by atoms with Gasteiger partial charge in [0, 0.05) is 9.85 Å². The predicted molar refractivity (Wildman–Crippen MR) is 76.7 cm³/mol. The molecule has 0 spiro atoms. The molecule has 2 rings (SSSR count). The van der Waals surface area contributed by atoms with Crippen LogP contribution < -0.4 is 11.1 Å². The Morgan fingerprint density at radius 3 is 2.55 bits per heavy atom. The molecule has 1 unspecified atom stereocenters. The van der Waals surface area contributed by atoms with E-state index < -0.39 is 23.2 Å². The molecule has 1 aromatic carbocycles. The van der Waals surface area contributed by atoms with E-state index in [1.807, 2.05) is 0 Å². The van der Waals surface area contributed by atoms with E-state index in [-0.39, 0.29) is 16.2 Å². The number of nitrogens with zero attached hydrogens (tertiary/aromatic N) is 1. The molecular weight excluding hydrogens is 352 g/mol. The molecule has 4 nitrogen and oxygen atoms in total. The van der Waals surface area contributed by atoms with Crippen LogP contribution in [0.1, 0.15) is 28.5 Å². The molecule has 1 amide bonds. The molecule has 1 aromatic heterocycles. The number of hydrogen-bond acceptors (Lipinski definition) is 4. The number of nitrogens with two attached hydrogens (primary N) is 1. The number of benzene rings is 1. The average Bonchev–Trinajstić information content (AvgIpc) is 2.83. The van der Waals surface area contributed by atoms with Crippen LogP contribution in [0.4, 0.5) is 14.5 Å². The summed E-state index contributed by atoms with van der Waals surface area (Å²) in [5.74, 6) is -2.42. The van der Waals surface area contributed by atoms with Gasteiger partial charge in [-0.3, -0.25) is 4.79 Å². The summed E-state index contributed by atoms with van der Waals surface area (Å²) in [4.78, 5) is 15.9. The quantitative estimate of drug-likeness (QED) is 0.879. The zero-order valence-corrected chi connectivity index (χ0v) is 12.7. The third-order valence-electron chi connectivity index (χ3n) is 2.39. The molecule has 0 fully saturated rings.